The largest absolute Gasteiger partial charge is 0.480 e. The van der Waals surface area contributed by atoms with Crippen LogP contribution in [0.15, 0.2) is 59.5 Å². The van der Waals surface area contributed by atoms with Crippen LogP contribution in [0.3, 0.4) is 0 Å². The zero-order chi connectivity index (χ0) is 16.2. The first-order valence-electron chi connectivity index (χ1n) is 6.54. The predicted molar refractivity (Wildman–Crippen MR) is 83.0 cm³/mol. The highest BCUT2D eigenvalue weighted by molar-refractivity contribution is 7.92. The van der Waals surface area contributed by atoms with E-state index >= 15 is 0 Å². The van der Waals surface area contributed by atoms with Crippen LogP contribution in [0.1, 0.15) is 5.56 Å². The van der Waals surface area contributed by atoms with Gasteiger partial charge in [-0.05, 0) is 36.2 Å². The van der Waals surface area contributed by atoms with Gasteiger partial charge >= 0.3 is 5.97 Å². The van der Waals surface area contributed by atoms with Crippen molar-refractivity contribution in [3.8, 4) is 0 Å². The van der Waals surface area contributed by atoms with Gasteiger partial charge in [0, 0.05) is 5.69 Å². The molecule has 0 heterocycles. The third-order valence-corrected chi connectivity index (χ3v) is 4.43. The smallest absolute Gasteiger partial charge is 0.320 e. The number of nitrogens with two attached hydrogens (primary N) is 1. The number of hydrogen-bond acceptors (Lipinski definition) is 4. The van der Waals surface area contributed by atoms with Gasteiger partial charge in [-0.3, -0.25) is 9.52 Å². The molecule has 0 aliphatic carbocycles. The molecule has 1 atom stereocenters. The van der Waals surface area contributed by atoms with Crippen molar-refractivity contribution in [3.63, 3.8) is 0 Å². The van der Waals surface area contributed by atoms with Crippen LogP contribution in [0, 0.1) is 0 Å². The lowest BCUT2D eigenvalue weighted by molar-refractivity contribution is -0.138. The minimum absolute atomic E-state index is 0.173. The molecular weight excluding hydrogens is 304 g/mol. The third kappa shape index (κ3) is 4.06. The molecule has 22 heavy (non-hydrogen) atoms. The first kappa shape index (κ1) is 16.0. The van der Waals surface area contributed by atoms with E-state index in [4.69, 9.17) is 10.8 Å². The molecular formula is C15H16N2O4S. The van der Waals surface area contributed by atoms with Crippen molar-refractivity contribution in [2.45, 2.75) is 17.4 Å². The number of carboxylic acid groups (broad SMARTS) is 1. The van der Waals surface area contributed by atoms with Crippen molar-refractivity contribution in [1.29, 1.82) is 0 Å². The summed E-state index contributed by atoms with van der Waals surface area (Å²) in [6.07, 6.45) is 0.182. The fourth-order valence-electron chi connectivity index (χ4n) is 1.86. The molecule has 2 aromatic rings. The minimum atomic E-state index is -3.63. The molecule has 7 heteroatoms. The lowest BCUT2D eigenvalue weighted by Crippen LogP contribution is -2.32. The quantitative estimate of drug-likeness (QED) is 0.746. The monoisotopic (exact) mass is 320 g/mol. The minimum Gasteiger partial charge on any atom is -0.480 e. The van der Waals surface area contributed by atoms with Crippen LogP contribution in [0.5, 0.6) is 0 Å². The Bertz CT molecular complexity index is 743. The Hall–Kier alpha value is -2.38. The number of benzene rings is 2. The first-order valence-corrected chi connectivity index (χ1v) is 8.02. The van der Waals surface area contributed by atoms with E-state index < -0.39 is 22.0 Å². The van der Waals surface area contributed by atoms with Crippen LogP contribution < -0.4 is 10.5 Å². The van der Waals surface area contributed by atoms with Gasteiger partial charge < -0.3 is 10.8 Å². The maximum absolute atomic E-state index is 12.1. The summed E-state index contributed by atoms with van der Waals surface area (Å²) in [5, 5.41) is 8.76. The average molecular weight is 320 g/mol. The molecule has 0 aliphatic heterocycles. The zero-order valence-electron chi connectivity index (χ0n) is 11.6. The van der Waals surface area contributed by atoms with Gasteiger partial charge in [0.25, 0.3) is 10.0 Å². The first-order chi connectivity index (χ1) is 10.4. The summed E-state index contributed by atoms with van der Waals surface area (Å²) in [5.41, 5.74) is 6.57. The van der Waals surface area contributed by atoms with Crippen molar-refractivity contribution in [2.24, 2.45) is 5.73 Å². The zero-order valence-corrected chi connectivity index (χ0v) is 12.5. The van der Waals surface area contributed by atoms with E-state index in [1.54, 1.807) is 42.5 Å². The maximum Gasteiger partial charge on any atom is 0.320 e. The summed E-state index contributed by atoms with van der Waals surface area (Å²) in [7, 11) is -3.63. The molecule has 116 valence electrons. The summed E-state index contributed by atoms with van der Waals surface area (Å²) in [5.74, 6) is -1.08. The molecule has 0 unspecified atom stereocenters. The average Bonchev–Trinajstić information content (AvgIpc) is 2.50. The lowest BCUT2D eigenvalue weighted by Gasteiger charge is -2.10. The molecule has 0 saturated carbocycles. The van der Waals surface area contributed by atoms with Crippen LogP contribution >= 0.6 is 0 Å². The van der Waals surface area contributed by atoms with E-state index in [1.807, 2.05) is 0 Å². The molecule has 0 aliphatic rings. The van der Waals surface area contributed by atoms with Gasteiger partial charge in [0.1, 0.15) is 6.04 Å². The van der Waals surface area contributed by atoms with E-state index in [9.17, 15) is 13.2 Å². The van der Waals surface area contributed by atoms with Crippen molar-refractivity contribution < 1.29 is 18.3 Å². The van der Waals surface area contributed by atoms with Gasteiger partial charge in [0.2, 0.25) is 0 Å². The highest BCUT2D eigenvalue weighted by atomic mass is 32.2. The molecule has 0 saturated heterocycles. The standard InChI is InChI=1S/C15H16N2O4S/c16-14(15(18)19)10-11-6-8-12(9-7-11)17-22(20,21)13-4-2-1-3-5-13/h1-9,14,17H,10,16H2,(H,18,19)/t14-/m0/s1. The number of carboxylic acids is 1. The van der Waals surface area contributed by atoms with Crippen LogP contribution in [-0.4, -0.2) is 25.5 Å². The number of hydrogen-bond donors (Lipinski definition) is 3. The molecule has 0 amide bonds. The molecule has 0 bridgehead atoms. The van der Waals surface area contributed by atoms with Crippen molar-refractivity contribution in [3.05, 3.63) is 60.2 Å². The molecule has 0 aromatic heterocycles. The molecule has 4 N–H and O–H groups in total. The van der Waals surface area contributed by atoms with Gasteiger partial charge in [0.05, 0.1) is 4.90 Å². The van der Waals surface area contributed by atoms with Crippen LogP contribution in [0.25, 0.3) is 0 Å². The Morgan fingerprint density at radius 1 is 1.09 bits per heavy atom. The second-order valence-corrected chi connectivity index (χ2v) is 6.45. The van der Waals surface area contributed by atoms with Crippen molar-refractivity contribution >= 4 is 21.7 Å². The van der Waals surface area contributed by atoms with E-state index in [0.717, 1.165) is 5.56 Å². The second-order valence-electron chi connectivity index (χ2n) is 4.76. The second kappa shape index (κ2) is 6.59. The summed E-state index contributed by atoms with van der Waals surface area (Å²) in [6, 6.07) is 13.5. The highest BCUT2D eigenvalue weighted by Crippen LogP contribution is 2.16. The summed E-state index contributed by atoms with van der Waals surface area (Å²) >= 11 is 0. The number of nitrogens with one attached hydrogen (secondary N) is 1. The van der Waals surface area contributed by atoms with Gasteiger partial charge in [-0.15, -0.1) is 0 Å². The predicted octanol–water partition coefficient (Wildman–Crippen LogP) is 1.44. The molecule has 6 nitrogen and oxygen atoms in total. The van der Waals surface area contributed by atoms with E-state index in [-0.39, 0.29) is 11.3 Å². The Labute approximate surface area is 128 Å². The fourth-order valence-corrected chi connectivity index (χ4v) is 2.94. The third-order valence-electron chi connectivity index (χ3n) is 3.03. The van der Waals surface area contributed by atoms with Crippen molar-refractivity contribution in [1.82, 2.24) is 0 Å². The molecule has 2 aromatic carbocycles. The van der Waals surface area contributed by atoms with Gasteiger partial charge in [-0.2, -0.15) is 0 Å². The Morgan fingerprint density at radius 3 is 2.23 bits per heavy atom. The van der Waals surface area contributed by atoms with Crippen molar-refractivity contribution in [2.75, 3.05) is 4.72 Å². The molecule has 0 spiro atoms. The lowest BCUT2D eigenvalue weighted by atomic mass is 10.1. The summed E-state index contributed by atoms with van der Waals surface area (Å²) in [4.78, 5) is 10.9. The Balaban J connectivity index is 2.10. The van der Waals surface area contributed by atoms with Crippen LogP contribution in [0.4, 0.5) is 5.69 Å². The van der Waals surface area contributed by atoms with Gasteiger partial charge in [-0.1, -0.05) is 30.3 Å². The van der Waals surface area contributed by atoms with Crippen LogP contribution in [0.2, 0.25) is 0 Å². The summed E-state index contributed by atoms with van der Waals surface area (Å²) in [6.45, 7) is 0. The molecule has 2 rings (SSSR count). The van der Waals surface area contributed by atoms with Gasteiger partial charge in [0.15, 0.2) is 0 Å². The fraction of sp³-hybridized carbons (Fsp3) is 0.133. The maximum atomic E-state index is 12.1. The van der Waals surface area contributed by atoms with E-state index in [1.165, 1.54) is 12.1 Å². The number of sulfonamides is 1. The normalized spacial score (nSPS) is 12.6. The highest BCUT2D eigenvalue weighted by Gasteiger charge is 2.14. The number of aliphatic carboxylic acids is 1. The number of rotatable bonds is 6. The molecule has 0 radical (unpaired) electrons. The summed E-state index contributed by atoms with van der Waals surface area (Å²) < 4.78 is 26.8. The van der Waals surface area contributed by atoms with E-state index in [2.05, 4.69) is 4.72 Å². The topological polar surface area (TPSA) is 109 Å². The Kier molecular flexibility index (Phi) is 4.79. The van der Waals surface area contributed by atoms with Gasteiger partial charge in [-0.25, -0.2) is 8.42 Å². The number of carbonyl (C=O) groups is 1. The van der Waals surface area contributed by atoms with Crippen LogP contribution in [-0.2, 0) is 21.2 Å². The number of anilines is 1. The molecule has 0 fully saturated rings. The SMILES string of the molecule is N[C@@H](Cc1ccc(NS(=O)(=O)c2ccccc2)cc1)C(=O)O. The Morgan fingerprint density at radius 2 is 1.68 bits per heavy atom. The van der Waals surface area contributed by atoms with E-state index in [0.29, 0.717) is 5.69 Å².